The van der Waals surface area contributed by atoms with Crippen molar-refractivity contribution in [3.05, 3.63) is 45.1 Å². The van der Waals surface area contributed by atoms with Crippen molar-refractivity contribution in [2.45, 2.75) is 0 Å². The third kappa shape index (κ3) is 2.48. The maximum absolute atomic E-state index is 6.06. The molecule has 0 aliphatic rings. The molecule has 2 nitrogen and oxygen atoms in total. The van der Waals surface area contributed by atoms with Crippen LogP contribution in [0.2, 0.25) is 10.2 Å². The minimum Gasteiger partial charge on any atom is -0.236 e. The Kier molecular flexibility index (Phi) is 3.24. The summed E-state index contributed by atoms with van der Waals surface area (Å²) in [6.45, 7) is 0. The van der Waals surface area contributed by atoms with E-state index in [2.05, 4.69) is 25.9 Å². The van der Waals surface area contributed by atoms with Crippen molar-refractivity contribution >= 4 is 39.1 Å². The molecule has 0 aliphatic heterocycles. The van der Waals surface area contributed by atoms with E-state index in [0.29, 0.717) is 16.0 Å². The number of rotatable bonds is 1. The number of halogens is 3. The van der Waals surface area contributed by atoms with Crippen molar-refractivity contribution in [2.75, 3.05) is 0 Å². The first kappa shape index (κ1) is 10.9. The summed E-state index contributed by atoms with van der Waals surface area (Å²) in [5.74, 6) is 0.528. The van der Waals surface area contributed by atoms with Crippen LogP contribution in [0.3, 0.4) is 0 Å². The lowest BCUT2D eigenvalue weighted by Gasteiger charge is -2.03. The molecule has 2 aromatic rings. The molecule has 0 saturated carbocycles. The average Bonchev–Trinajstić information content (AvgIpc) is 2.17. The Morgan fingerprint density at radius 2 is 1.93 bits per heavy atom. The molecule has 15 heavy (non-hydrogen) atoms. The molecule has 0 fully saturated rings. The fourth-order valence-corrected chi connectivity index (χ4v) is 2.03. The van der Waals surface area contributed by atoms with Crippen molar-refractivity contribution < 1.29 is 0 Å². The highest BCUT2D eigenvalue weighted by molar-refractivity contribution is 9.10. The maximum atomic E-state index is 6.06. The largest absolute Gasteiger partial charge is 0.236 e. The summed E-state index contributed by atoms with van der Waals surface area (Å²) in [4.78, 5) is 8.19. The summed E-state index contributed by atoms with van der Waals surface area (Å²) in [5, 5.41) is 0.991. The van der Waals surface area contributed by atoms with E-state index in [9.17, 15) is 0 Å². The second-order valence-corrected chi connectivity index (χ2v) is 4.54. The first-order chi connectivity index (χ1) is 7.16. The number of benzene rings is 1. The van der Waals surface area contributed by atoms with E-state index in [0.717, 1.165) is 10.0 Å². The van der Waals surface area contributed by atoms with Crippen LogP contribution in [0.1, 0.15) is 0 Å². The molecule has 76 valence electrons. The molecular weight excluding hydrogens is 299 g/mol. The van der Waals surface area contributed by atoms with Crippen molar-refractivity contribution in [3.63, 3.8) is 0 Å². The average molecular weight is 304 g/mol. The molecule has 0 atom stereocenters. The molecule has 0 saturated heterocycles. The van der Waals surface area contributed by atoms with Gasteiger partial charge in [-0.15, -0.1) is 0 Å². The lowest BCUT2D eigenvalue weighted by molar-refractivity contribution is 1.18. The monoisotopic (exact) mass is 302 g/mol. The van der Waals surface area contributed by atoms with Gasteiger partial charge in [0.15, 0.2) is 5.82 Å². The predicted molar refractivity (Wildman–Crippen MR) is 65.2 cm³/mol. The Bertz CT molecular complexity index is 503. The molecule has 0 spiro atoms. The summed E-state index contributed by atoms with van der Waals surface area (Å²) in [5.41, 5.74) is 0.766. The van der Waals surface area contributed by atoms with Gasteiger partial charge in [0.25, 0.3) is 0 Å². The second kappa shape index (κ2) is 4.47. The van der Waals surface area contributed by atoms with Crippen LogP contribution < -0.4 is 0 Å². The summed E-state index contributed by atoms with van der Waals surface area (Å²) >= 11 is 15.2. The molecule has 0 radical (unpaired) electrons. The highest BCUT2D eigenvalue weighted by atomic mass is 79.9. The van der Waals surface area contributed by atoms with E-state index in [4.69, 9.17) is 23.2 Å². The molecule has 0 N–H and O–H groups in total. The van der Waals surface area contributed by atoms with Gasteiger partial charge >= 0.3 is 0 Å². The van der Waals surface area contributed by atoms with Crippen LogP contribution in [-0.2, 0) is 0 Å². The van der Waals surface area contributed by atoms with Crippen molar-refractivity contribution in [1.82, 2.24) is 9.97 Å². The summed E-state index contributed by atoms with van der Waals surface area (Å²) < 4.78 is 0.915. The summed E-state index contributed by atoms with van der Waals surface area (Å²) in [7, 11) is 0. The molecule has 1 aromatic heterocycles. The minimum absolute atomic E-state index is 0.402. The van der Waals surface area contributed by atoms with Gasteiger partial charge in [0.2, 0.25) is 0 Å². The first-order valence-corrected chi connectivity index (χ1v) is 5.65. The number of aromatic nitrogens is 2. The standard InChI is InChI=1S/C10H5BrCl2N2/c11-6-1-2-7(8(12)5-6)10-14-4-3-9(13)15-10/h1-5H. The Labute approximate surface area is 105 Å². The zero-order chi connectivity index (χ0) is 10.8. The second-order valence-electron chi connectivity index (χ2n) is 2.83. The zero-order valence-corrected chi connectivity index (χ0v) is 10.5. The lowest BCUT2D eigenvalue weighted by Crippen LogP contribution is -1.89. The molecule has 0 unspecified atom stereocenters. The fraction of sp³-hybridized carbons (Fsp3) is 0. The van der Waals surface area contributed by atoms with Gasteiger partial charge in [0.05, 0.1) is 5.02 Å². The first-order valence-electron chi connectivity index (χ1n) is 4.11. The summed E-state index contributed by atoms with van der Waals surface area (Å²) in [6.07, 6.45) is 1.60. The zero-order valence-electron chi connectivity index (χ0n) is 7.42. The topological polar surface area (TPSA) is 25.8 Å². The normalized spacial score (nSPS) is 10.3. The van der Waals surface area contributed by atoms with Gasteiger partial charge in [0.1, 0.15) is 5.15 Å². The summed E-state index contributed by atoms with van der Waals surface area (Å²) in [6, 6.07) is 7.14. The molecule has 0 bridgehead atoms. The molecule has 2 rings (SSSR count). The molecule has 5 heteroatoms. The fourth-order valence-electron chi connectivity index (χ4n) is 1.14. The van der Waals surface area contributed by atoms with Crippen molar-refractivity contribution in [1.29, 1.82) is 0 Å². The molecule has 1 aromatic carbocycles. The van der Waals surface area contributed by atoms with E-state index in [1.165, 1.54) is 0 Å². The van der Waals surface area contributed by atoms with Crippen LogP contribution >= 0.6 is 39.1 Å². The van der Waals surface area contributed by atoms with E-state index in [1.807, 2.05) is 12.1 Å². The van der Waals surface area contributed by atoms with E-state index >= 15 is 0 Å². The lowest BCUT2D eigenvalue weighted by atomic mass is 10.2. The van der Waals surface area contributed by atoms with Gasteiger partial charge in [-0.3, -0.25) is 0 Å². The predicted octanol–water partition coefficient (Wildman–Crippen LogP) is 4.21. The van der Waals surface area contributed by atoms with Gasteiger partial charge in [0, 0.05) is 16.2 Å². The highest BCUT2D eigenvalue weighted by Crippen LogP contribution is 2.28. The van der Waals surface area contributed by atoms with Crippen LogP contribution in [0.4, 0.5) is 0 Å². The van der Waals surface area contributed by atoms with E-state index < -0.39 is 0 Å². The van der Waals surface area contributed by atoms with E-state index in [-0.39, 0.29) is 0 Å². The molecule has 1 heterocycles. The molecule has 0 amide bonds. The third-order valence-corrected chi connectivity index (χ3v) is 2.81. The smallest absolute Gasteiger partial charge is 0.162 e. The Morgan fingerprint density at radius 1 is 1.13 bits per heavy atom. The molecular formula is C10H5BrCl2N2. The number of hydrogen-bond donors (Lipinski definition) is 0. The Balaban J connectivity index is 2.54. The van der Waals surface area contributed by atoms with Crippen LogP contribution in [0.15, 0.2) is 34.9 Å². The van der Waals surface area contributed by atoms with Crippen LogP contribution in [0, 0.1) is 0 Å². The quantitative estimate of drug-likeness (QED) is 0.737. The maximum Gasteiger partial charge on any atom is 0.162 e. The van der Waals surface area contributed by atoms with Gasteiger partial charge in [-0.2, -0.15) is 0 Å². The number of hydrogen-bond acceptors (Lipinski definition) is 2. The SMILES string of the molecule is Clc1ccnc(-c2ccc(Br)cc2Cl)n1. The van der Waals surface area contributed by atoms with E-state index in [1.54, 1.807) is 18.3 Å². The van der Waals surface area contributed by atoms with Gasteiger partial charge in [-0.25, -0.2) is 9.97 Å². The minimum atomic E-state index is 0.402. The van der Waals surface area contributed by atoms with Gasteiger partial charge in [-0.1, -0.05) is 39.1 Å². The van der Waals surface area contributed by atoms with Crippen molar-refractivity contribution in [3.8, 4) is 11.4 Å². The van der Waals surface area contributed by atoms with Crippen LogP contribution in [0.5, 0.6) is 0 Å². The van der Waals surface area contributed by atoms with Crippen molar-refractivity contribution in [2.24, 2.45) is 0 Å². The van der Waals surface area contributed by atoms with Crippen LogP contribution in [-0.4, -0.2) is 9.97 Å². The third-order valence-electron chi connectivity index (χ3n) is 1.79. The number of nitrogens with zero attached hydrogens (tertiary/aromatic N) is 2. The van der Waals surface area contributed by atoms with Gasteiger partial charge in [-0.05, 0) is 24.3 Å². The Hall–Kier alpha value is -0.640. The van der Waals surface area contributed by atoms with Gasteiger partial charge < -0.3 is 0 Å². The highest BCUT2D eigenvalue weighted by Gasteiger charge is 2.06. The van der Waals surface area contributed by atoms with Crippen LogP contribution in [0.25, 0.3) is 11.4 Å². The molecule has 0 aliphatic carbocycles. The Morgan fingerprint density at radius 3 is 2.60 bits per heavy atom.